The van der Waals surface area contributed by atoms with Gasteiger partial charge < -0.3 is 11.1 Å². The smallest absolute Gasteiger partial charge is 0.227 e. The Morgan fingerprint density at radius 2 is 2.06 bits per heavy atom. The average Bonchev–Trinajstić information content (AvgIpc) is 2.39. The third kappa shape index (κ3) is 3.50. The number of anilines is 1. The minimum atomic E-state index is 0.0778. The van der Waals surface area contributed by atoms with E-state index in [0.717, 1.165) is 31.4 Å². The third-order valence-corrected chi connectivity index (χ3v) is 4.19. The van der Waals surface area contributed by atoms with E-state index >= 15 is 0 Å². The van der Waals surface area contributed by atoms with Crippen LogP contribution in [0.2, 0.25) is 0 Å². The van der Waals surface area contributed by atoms with Crippen LogP contribution in [-0.4, -0.2) is 18.2 Å². The largest absolute Gasteiger partial charge is 0.328 e. The maximum Gasteiger partial charge on any atom is 0.227 e. The van der Waals surface area contributed by atoms with Crippen molar-refractivity contribution in [3.8, 4) is 0 Å². The van der Waals surface area contributed by atoms with Crippen molar-refractivity contribution in [2.45, 2.75) is 36.6 Å². The van der Waals surface area contributed by atoms with Gasteiger partial charge in [-0.05, 0) is 49.8 Å². The van der Waals surface area contributed by atoms with E-state index in [1.165, 1.54) is 4.90 Å². The monoisotopic (exact) mass is 264 g/mol. The molecule has 2 unspecified atom stereocenters. The van der Waals surface area contributed by atoms with Gasteiger partial charge in [0.25, 0.3) is 0 Å². The topological polar surface area (TPSA) is 55.1 Å². The number of hydrogen-bond acceptors (Lipinski definition) is 3. The van der Waals surface area contributed by atoms with E-state index in [-0.39, 0.29) is 17.9 Å². The summed E-state index contributed by atoms with van der Waals surface area (Å²) >= 11 is 1.70. The average molecular weight is 264 g/mol. The number of carbonyl (C=O) groups is 1. The molecule has 0 saturated heterocycles. The van der Waals surface area contributed by atoms with Crippen molar-refractivity contribution in [1.82, 2.24) is 0 Å². The van der Waals surface area contributed by atoms with Gasteiger partial charge in [0, 0.05) is 22.5 Å². The molecule has 0 aliphatic heterocycles. The molecule has 1 aromatic carbocycles. The molecule has 1 saturated carbocycles. The highest BCUT2D eigenvalue weighted by Crippen LogP contribution is 2.25. The van der Waals surface area contributed by atoms with Crippen molar-refractivity contribution >= 4 is 23.4 Å². The highest BCUT2D eigenvalue weighted by atomic mass is 32.2. The quantitative estimate of drug-likeness (QED) is 0.825. The summed E-state index contributed by atoms with van der Waals surface area (Å²) in [6, 6.07) is 8.13. The molecule has 2 atom stereocenters. The van der Waals surface area contributed by atoms with Crippen LogP contribution in [0.5, 0.6) is 0 Å². The number of rotatable bonds is 3. The van der Waals surface area contributed by atoms with Gasteiger partial charge in [0.2, 0.25) is 5.91 Å². The number of hydrogen-bond donors (Lipinski definition) is 2. The van der Waals surface area contributed by atoms with Crippen molar-refractivity contribution in [3.63, 3.8) is 0 Å². The molecule has 0 heterocycles. The molecular formula is C14H20N2OS. The molecule has 18 heavy (non-hydrogen) atoms. The van der Waals surface area contributed by atoms with Crippen molar-refractivity contribution in [2.24, 2.45) is 11.7 Å². The number of thioether (sulfide) groups is 1. The lowest BCUT2D eigenvalue weighted by atomic mass is 9.85. The predicted molar refractivity (Wildman–Crippen MR) is 76.8 cm³/mol. The Bertz CT molecular complexity index is 405. The van der Waals surface area contributed by atoms with Gasteiger partial charge in [-0.25, -0.2) is 0 Å². The highest BCUT2D eigenvalue weighted by molar-refractivity contribution is 7.98. The zero-order valence-electron chi connectivity index (χ0n) is 10.7. The molecular weight excluding hydrogens is 244 g/mol. The van der Waals surface area contributed by atoms with Crippen LogP contribution in [0.15, 0.2) is 29.2 Å². The summed E-state index contributed by atoms with van der Waals surface area (Å²) in [6.07, 6.45) is 5.92. The number of carbonyl (C=O) groups excluding carboxylic acids is 1. The summed E-state index contributed by atoms with van der Waals surface area (Å²) in [7, 11) is 0. The molecule has 4 heteroatoms. The van der Waals surface area contributed by atoms with Crippen LogP contribution in [0, 0.1) is 5.92 Å². The zero-order chi connectivity index (χ0) is 13.0. The van der Waals surface area contributed by atoms with Crippen LogP contribution >= 0.6 is 11.8 Å². The van der Waals surface area contributed by atoms with E-state index in [9.17, 15) is 4.79 Å². The van der Waals surface area contributed by atoms with Crippen molar-refractivity contribution in [1.29, 1.82) is 0 Å². The Labute approximate surface area is 113 Å². The second-order valence-corrected chi connectivity index (χ2v) is 5.72. The molecule has 0 radical (unpaired) electrons. The summed E-state index contributed by atoms with van der Waals surface area (Å²) in [4.78, 5) is 13.3. The normalized spacial score (nSPS) is 23.7. The molecule has 3 N–H and O–H groups in total. The number of benzene rings is 1. The van der Waals surface area contributed by atoms with E-state index in [1.54, 1.807) is 11.8 Å². The van der Waals surface area contributed by atoms with Gasteiger partial charge in [0.15, 0.2) is 0 Å². The van der Waals surface area contributed by atoms with Gasteiger partial charge in [-0.2, -0.15) is 0 Å². The van der Waals surface area contributed by atoms with Crippen LogP contribution in [0.3, 0.4) is 0 Å². The van der Waals surface area contributed by atoms with E-state index in [2.05, 4.69) is 5.32 Å². The van der Waals surface area contributed by atoms with Crippen LogP contribution in [0.4, 0.5) is 5.69 Å². The first-order valence-electron chi connectivity index (χ1n) is 6.39. The minimum absolute atomic E-state index is 0.0778. The van der Waals surface area contributed by atoms with Crippen LogP contribution in [0.25, 0.3) is 0 Å². The Kier molecular flexibility index (Phi) is 4.66. The summed E-state index contributed by atoms with van der Waals surface area (Å²) in [5, 5.41) is 2.98. The van der Waals surface area contributed by atoms with Crippen molar-refractivity contribution in [3.05, 3.63) is 24.3 Å². The van der Waals surface area contributed by atoms with Gasteiger partial charge in [0.05, 0.1) is 0 Å². The third-order valence-electron chi connectivity index (χ3n) is 3.44. The van der Waals surface area contributed by atoms with Crippen LogP contribution in [0.1, 0.15) is 25.7 Å². The van der Waals surface area contributed by atoms with Gasteiger partial charge in [-0.1, -0.05) is 6.42 Å². The summed E-state index contributed by atoms with van der Waals surface area (Å²) in [5.74, 6) is 0.191. The first-order valence-corrected chi connectivity index (χ1v) is 7.62. The molecule has 1 aromatic rings. The summed E-state index contributed by atoms with van der Waals surface area (Å²) in [6.45, 7) is 0. The SMILES string of the molecule is CSc1ccc(NC(=O)C2CCCC(N)C2)cc1. The van der Waals surface area contributed by atoms with E-state index in [0.29, 0.717) is 0 Å². The fourth-order valence-electron chi connectivity index (χ4n) is 2.38. The van der Waals surface area contributed by atoms with Gasteiger partial charge in [0.1, 0.15) is 0 Å². The molecule has 0 spiro atoms. The maximum absolute atomic E-state index is 12.1. The Hall–Kier alpha value is -1.00. The van der Waals surface area contributed by atoms with Gasteiger partial charge in [-0.3, -0.25) is 4.79 Å². The maximum atomic E-state index is 12.1. The van der Waals surface area contributed by atoms with Crippen molar-refractivity contribution in [2.75, 3.05) is 11.6 Å². The Balaban J connectivity index is 1.93. The minimum Gasteiger partial charge on any atom is -0.328 e. The van der Waals surface area contributed by atoms with Crippen molar-refractivity contribution < 1.29 is 4.79 Å². The molecule has 1 aliphatic rings. The summed E-state index contributed by atoms with van der Waals surface area (Å²) < 4.78 is 0. The Morgan fingerprint density at radius 3 is 2.67 bits per heavy atom. The zero-order valence-corrected chi connectivity index (χ0v) is 11.5. The fourth-order valence-corrected chi connectivity index (χ4v) is 2.79. The number of nitrogens with two attached hydrogens (primary N) is 1. The van der Waals surface area contributed by atoms with E-state index in [1.807, 2.05) is 30.5 Å². The number of amides is 1. The van der Waals surface area contributed by atoms with Gasteiger partial charge in [-0.15, -0.1) is 11.8 Å². The van der Waals surface area contributed by atoms with Gasteiger partial charge >= 0.3 is 0 Å². The van der Waals surface area contributed by atoms with Crippen LogP contribution < -0.4 is 11.1 Å². The van der Waals surface area contributed by atoms with Crippen LogP contribution in [-0.2, 0) is 4.79 Å². The molecule has 2 rings (SSSR count). The molecule has 1 amide bonds. The lowest BCUT2D eigenvalue weighted by molar-refractivity contribution is -0.120. The molecule has 0 bridgehead atoms. The fraction of sp³-hybridized carbons (Fsp3) is 0.500. The highest BCUT2D eigenvalue weighted by Gasteiger charge is 2.25. The lowest BCUT2D eigenvalue weighted by Crippen LogP contribution is -2.34. The molecule has 1 fully saturated rings. The molecule has 0 aromatic heterocycles. The Morgan fingerprint density at radius 1 is 1.33 bits per heavy atom. The standard InChI is InChI=1S/C14H20N2OS/c1-18-13-7-5-12(6-8-13)16-14(17)10-3-2-4-11(15)9-10/h5-8,10-11H,2-4,9,15H2,1H3,(H,16,17). The van der Waals surface area contributed by atoms with E-state index in [4.69, 9.17) is 5.73 Å². The molecule has 1 aliphatic carbocycles. The first kappa shape index (κ1) is 13.4. The molecule has 3 nitrogen and oxygen atoms in total. The number of nitrogens with one attached hydrogen (secondary N) is 1. The molecule has 98 valence electrons. The van der Waals surface area contributed by atoms with E-state index < -0.39 is 0 Å². The predicted octanol–water partition coefficient (Wildman–Crippen LogP) is 2.86. The first-order chi connectivity index (χ1) is 8.69. The second-order valence-electron chi connectivity index (χ2n) is 4.84. The summed E-state index contributed by atoms with van der Waals surface area (Å²) in [5.41, 5.74) is 6.78. The lowest BCUT2D eigenvalue weighted by Gasteiger charge is -2.25. The second kappa shape index (κ2) is 6.25.